The molecule has 0 radical (unpaired) electrons. The molecule has 4 aromatic rings. The molecule has 0 aliphatic carbocycles. The summed E-state index contributed by atoms with van der Waals surface area (Å²) < 4.78 is 0. The summed E-state index contributed by atoms with van der Waals surface area (Å²) in [5.74, 6) is 0. The van der Waals surface area contributed by atoms with Gasteiger partial charge in [0.25, 0.3) is 5.56 Å². The van der Waals surface area contributed by atoms with Crippen LogP contribution in [0.4, 0.5) is 5.69 Å². The lowest BCUT2D eigenvalue weighted by Gasteiger charge is -2.49. The molecule has 1 fully saturated rings. The molecule has 8 nitrogen and oxygen atoms in total. The second-order valence-corrected chi connectivity index (χ2v) is 8.62. The monoisotopic (exact) mass is 431 g/mol. The first-order valence-corrected chi connectivity index (χ1v) is 11.4. The van der Waals surface area contributed by atoms with Crippen LogP contribution in [0.1, 0.15) is 45.2 Å². The maximum absolute atomic E-state index is 12.3. The van der Waals surface area contributed by atoms with Gasteiger partial charge in [0.15, 0.2) is 0 Å². The molecule has 166 valence electrons. The molecule has 4 heterocycles. The number of aromatic nitrogens is 5. The fourth-order valence-corrected chi connectivity index (χ4v) is 5.05. The van der Waals surface area contributed by atoms with Crippen molar-refractivity contribution in [1.82, 2.24) is 30.0 Å². The molecule has 0 saturated carbocycles. The first-order valence-electron chi connectivity index (χ1n) is 11.4. The number of H-pyrrole nitrogens is 2. The van der Waals surface area contributed by atoms with Gasteiger partial charge in [0.05, 0.1) is 22.2 Å². The average molecular weight is 432 g/mol. The van der Waals surface area contributed by atoms with Gasteiger partial charge in [-0.1, -0.05) is 19.9 Å². The molecule has 2 N–H and O–H groups in total. The lowest BCUT2D eigenvalue weighted by molar-refractivity contribution is 0.101. The van der Waals surface area contributed by atoms with Gasteiger partial charge in [0, 0.05) is 55.9 Å². The van der Waals surface area contributed by atoms with Crippen molar-refractivity contribution in [3.8, 4) is 0 Å². The van der Waals surface area contributed by atoms with Gasteiger partial charge < -0.3 is 9.88 Å². The Bertz CT molecular complexity index is 1300. The average Bonchev–Trinajstić information content (AvgIpc) is 3.30. The Labute approximate surface area is 186 Å². The molecule has 1 unspecified atom stereocenters. The summed E-state index contributed by atoms with van der Waals surface area (Å²) in [4.78, 5) is 29.1. The fourth-order valence-electron chi connectivity index (χ4n) is 5.05. The summed E-state index contributed by atoms with van der Waals surface area (Å²) in [6.07, 6.45) is 7.24. The molecule has 3 atom stereocenters. The topological polar surface area (TPSA) is 93.8 Å². The molecule has 1 aliphatic rings. The Morgan fingerprint density at radius 2 is 1.84 bits per heavy atom. The Morgan fingerprint density at radius 3 is 2.62 bits per heavy atom. The van der Waals surface area contributed by atoms with Crippen molar-refractivity contribution in [3.63, 3.8) is 0 Å². The van der Waals surface area contributed by atoms with Gasteiger partial charge in [0.1, 0.15) is 5.52 Å². The lowest BCUT2D eigenvalue weighted by atomic mass is 9.96. The van der Waals surface area contributed by atoms with Crippen LogP contribution in [-0.4, -0.2) is 55.2 Å². The van der Waals surface area contributed by atoms with E-state index < -0.39 is 0 Å². The van der Waals surface area contributed by atoms with Crippen LogP contribution in [0.3, 0.4) is 0 Å². The highest BCUT2D eigenvalue weighted by Gasteiger charge is 2.36. The van der Waals surface area contributed by atoms with E-state index >= 15 is 0 Å². The SMILES string of the molecule is CC[C@H]1CN(C(C)c2ccc3nccnc3c2)[C@H](CC)CN1c1cc(=O)[nH]c2c[nH]nc12. The van der Waals surface area contributed by atoms with Crippen molar-refractivity contribution >= 4 is 27.8 Å². The number of hydrogen-bond donors (Lipinski definition) is 2. The van der Waals surface area contributed by atoms with Crippen LogP contribution in [-0.2, 0) is 0 Å². The molecule has 3 aromatic heterocycles. The van der Waals surface area contributed by atoms with Gasteiger partial charge in [-0.3, -0.25) is 24.8 Å². The summed E-state index contributed by atoms with van der Waals surface area (Å²) in [7, 11) is 0. The number of pyridine rings is 1. The minimum atomic E-state index is -0.0927. The van der Waals surface area contributed by atoms with Crippen molar-refractivity contribution in [1.29, 1.82) is 0 Å². The largest absolute Gasteiger partial charge is 0.364 e. The van der Waals surface area contributed by atoms with E-state index in [4.69, 9.17) is 0 Å². The zero-order valence-corrected chi connectivity index (χ0v) is 18.7. The Balaban J connectivity index is 1.48. The third kappa shape index (κ3) is 3.54. The summed E-state index contributed by atoms with van der Waals surface area (Å²) in [5.41, 5.74) is 5.51. The van der Waals surface area contributed by atoms with Crippen LogP contribution in [0.5, 0.6) is 0 Å². The number of nitrogens with one attached hydrogen (secondary N) is 2. The number of anilines is 1. The van der Waals surface area contributed by atoms with Crippen LogP contribution < -0.4 is 10.5 Å². The number of piperazine rings is 1. The van der Waals surface area contributed by atoms with Crippen LogP contribution in [0.15, 0.2) is 47.7 Å². The quantitative estimate of drug-likeness (QED) is 0.501. The number of hydrogen-bond acceptors (Lipinski definition) is 6. The molecular weight excluding hydrogens is 402 g/mol. The Hall–Kier alpha value is -3.26. The molecule has 1 saturated heterocycles. The molecule has 5 rings (SSSR count). The normalized spacial score (nSPS) is 20.8. The van der Waals surface area contributed by atoms with E-state index in [0.717, 1.165) is 53.7 Å². The molecule has 8 heteroatoms. The molecule has 0 amide bonds. The van der Waals surface area contributed by atoms with E-state index in [9.17, 15) is 4.79 Å². The van der Waals surface area contributed by atoms with Crippen molar-refractivity contribution in [3.05, 3.63) is 58.8 Å². The zero-order valence-electron chi connectivity index (χ0n) is 18.7. The molecule has 32 heavy (non-hydrogen) atoms. The van der Waals surface area contributed by atoms with Crippen molar-refractivity contribution in [2.24, 2.45) is 0 Å². The van der Waals surface area contributed by atoms with Gasteiger partial charge in [0.2, 0.25) is 0 Å². The van der Waals surface area contributed by atoms with Crippen molar-refractivity contribution in [2.45, 2.75) is 51.7 Å². The maximum atomic E-state index is 12.3. The molecule has 1 aromatic carbocycles. The van der Waals surface area contributed by atoms with E-state index in [2.05, 4.69) is 73.9 Å². The number of nitrogens with zero attached hydrogens (tertiary/aromatic N) is 5. The second kappa shape index (κ2) is 8.35. The van der Waals surface area contributed by atoms with Gasteiger partial charge >= 0.3 is 0 Å². The van der Waals surface area contributed by atoms with Crippen LogP contribution in [0.25, 0.3) is 22.1 Å². The lowest BCUT2D eigenvalue weighted by Crippen LogP contribution is -2.58. The van der Waals surface area contributed by atoms with E-state index in [0.29, 0.717) is 12.1 Å². The second-order valence-electron chi connectivity index (χ2n) is 8.62. The Kier molecular flexibility index (Phi) is 5.38. The minimum absolute atomic E-state index is 0.0927. The molecule has 1 aliphatic heterocycles. The van der Waals surface area contributed by atoms with Crippen LogP contribution in [0.2, 0.25) is 0 Å². The van der Waals surface area contributed by atoms with Crippen molar-refractivity contribution in [2.75, 3.05) is 18.0 Å². The minimum Gasteiger partial charge on any atom is -0.364 e. The fraction of sp³-hybridized carbons (Fsp3) is 0.417. The first-order chi connectivity index (χ1) is 15.6. The Morgan fingerprint density at radius 1 is 1.06 bits per heavy atom. The summed E-state index contributed by atoms with van der Waals surface area (Å²) in [6, 6.07) is 9.00. The number of rotatable bonds is 5. The zero-order chi connectivity index (χ0) is 22.2. The van der Waals surface area contributed by atoms with Gasteiger partial charge in [-0.05, 0) is 37.5 Å². The van der Waals surface area contributed by atoms with Crippen LogP contribution >= 0.6 is 0 Å². The number of aromatic amines is 2. The van der Waals surface area contributed by atoms with Crippen LogP contribution in [0, 0.1) is 0 Å². The maximum Gasteiger partial charge on any atom is 0.250 e. The predicted octanol–water partition coefficient (Wildman–Crippen LogP) is 3.63. The summed E-state index contributed by atoms with van der Waals surface area (Å²) in [6.45, 7) is 8.52. The standard InChI is InChI=1S/C24H29N7O/c1-4-17-14-31(22-11-23(32)28-21-12-27-29-24(21)22)18(5-2)13-30(17)15(3)16-6-7-19-20(10-16)26-9-8-25-19/h6-12,15,17-18H,4-5,13-14H2,1-3H3,(H,27,29)(H,28,32)/t15?,17-,18+/m1/s1. The first kappa shape index (κ1) is 20.6. The third-order valence-electron chi connectivity index (χ3n) is 6.87. The third-order valence-corrected chi connectivity index (χ3v) is 6.87. The predicted molar refractivity (Wildman–Crippen MR) is 127 cm³/mol. The smallest absolute Gasteiger partial charge is 0.250 e. The number of benzene rings is 1. The molecule has 0 spiro atoms. The highest BCUT2D eigenvalue weighted by molar-refractivity contribution is 5.87. The van der Waals surface area contributed by atoms with E-state index in [1.807, 2.05) is 0 Å². The summed E-state index contributed by atoms with van der Waals surface area (Å²) >= 11 is 0. The highest BCUT2D eigenvalue weighted by atomic mass is 16.1. The van der Waals surface area contributed by atoms with Gasteiger partial charge in [-0.15, -0.1) is 0 Å². The molecule has 0 bridgehead atoms. The van der Waals surface area contributed by atoms with E-state index in [-0.39, 0.29) is 11.6 Å². The van der Waals surface area contributed by atoms with Gasteiger partial charge in [-0.25, -0.2) is 0 Å². The van der Waals surface area contributed by atoms with Gasteiger partial charge in [-0.2, -0.15) is 5.10 Å². The highest BCUT2D eigenvalue weighted by Crippen LogP contribution is 2.34. The van der Waals surface area contributed by atoms with E-state index in [1.165, 1.54) is 5.56 Å². The summed E-state index contributed by atoms with van der Waals surface area (Å²) in [5, 5.41) is 7.32. The van der Waals surface area contributed by atoms with Crippen molar-refractivity contribution < 1.29 is 0 Å². The molecular formula is C24H29N7O. The number of fused-ring (bicyclic) bond motifs is 2. The van der Waals surface area contributed by atoms with E-state index in [1.54, 1.807) is 24.7 Å².